The van der Waals surface area contributed by atoms with Crippen LogP contribution in [-0.2, 0) is 4.74 Å². The maximum Gasteiger partial charge on any atom is 0.139 e. The highest BCUT2D eigenvalue weighted by atomic mass is 16.5. The van der Waals surface area contributed by atoms with E-state index in [4.69, 9.17) is 10.5 Å². The molecule has 1 aliphatic rings. The molecule has 2 heterocycles. The molecule has 1 aromatic heterocycles. The fourth-order valence-electron chi connectivity index (χ4n) is 2.79. The molecule has 1 atom stereocenters. The summed E-state index contributed by atoms with van der Waals surface area (Å²) in [7, 11) is 2.07. The van der Waals surface area contributed by atoms with E-state index >= 15 is 0 Å². The number of rotatable bonds is 3. The van der Waals surface area contributed by atoms with Gasteiger partial charge in [-0.25, -0.2) is 9.97 Å². The molecule has 0 saturated carbocycles. The van der Waals surface area contributed by atoms with Gasteiger partial charge in [0.2, 0.25) is 0 Å². The number of hydrogen-bond acceptors (Lipinski definition) is 5. The summed E-state index contributed by atoms with van der Waals surface area (Å²) in [6, 6.07) is 5.75. The van der Waals surface area contributed by atoms with Gasteiger partial charge in [-0.15, -0.1) is 0 Å². The molecule has 1 fully saturated rings. The molecule has 1 saturated heterocycles. The lowest BCUT2D eigenvalue weighted by Gasteiger charge is -2.28. The lowest BCUT2D eigenvalue weighted by Crippen LogP contribution is -2.31. The van der Waals surface area contributed by atoms with Crippen molar-refractivity contribution < 1.29 is 4.74 Å². The molecule has 5 heteroatoms. The molecule has 2 N–H and O–H groups in total. The molecule has 5 nitrogen and oxygen atoms in total. The van der Waals surface area contributed by atoms with Gasteiger partial charge in [0.15, 0.2) is 0 Å². The van der Waals surface area contributed by atoms with E-state index in [1.165, 1.54) is 6.42 Å². The number of benzene rings is 1. The van der Waals surface area contributed by atoms with Crippen molar-refractivity contribution in [3.8, 4) is 0 Å². The van der Waals surface area contributed by atoms with E-state index in [2.05, 4.69) is 21.9 Å². The molecule has 1 unspecified atom stereocenters. The van der Waals surface area contributed by atoms with Crippen LogP contribution in [0.4, 0.5) is 11.5 Å². The smallest absolute Gasteiger partial charge is 0.139 e. The van der Waals surface area contributed by atoms with Crippen molar-refractivity contribution >= 4 is 22.4 Å². The molecule has 20 heavy (non-hydrogen) atoms. The topological polar surface area (TPSA) is 64.3 Å². The van der Waals surface area contributed by atoms with Gasteiger partial charge in [-0.05, 0) is 37.0 Å². The van der Waals surface area contributed by atoms with Crippen molar-refractivity contribution in [1.82, 2.24) is 9.97 Å². The van der Waals surface area contributed by atoms with Gasteiger partial charge in [0.1, 0.15) is 12.1 Å². The van der Waals surface area contributed by atoms with Crippen LogP contribution in [0.2, 0.25) is 0 Å². The first-order valence-electron chi connectivity index (χ1n) is 7.03. The maximum atomic E-state index is 5.88. The molecular formula is C15H20N4O. The van der Waals surface area contributed by atoms with Crippen LogP contribution in [0.25, 0.3) is 10.9 Å². The Hall–Kier alpha value is -1.88. The third-order valence-electron chi connectivity index (χ3n) is 3.79. The first-order valence-corrected chi connectivity index (χ1v) is 7.03. The summed E-state index contributed by atoms with van der Waals surface area (Å²) >= 11 is 0. The molecule has 0 amide bonds. The number of fused-ring (bicyclic) bond motifs is 1. The summed E-state index contributed by atoms with van der Waals surface area (Å²) in [6.45, 7) is 2.68. The van der Waals surface area contributed by atoms with Gasteiger partial charge in [-0.2, -0.15) is 0 Å². The number of nitrogens with two attached hydrogens (primary N) is 1. The molecule has 0 spiro atoms. The lowest BCUT2D eigenvalue weighted by molar-refractivity contribution is 0.0576. The van der Waals surface area contributed by atoms with E-state index in [1.54, 1.807) is 6.33 Å². The summed E-state index contributed by atoms with van der Waals surface area (Å²) in [6.07, 6.45) is 3.98. The molecule has 2 aromatic rings. The summed E-state index contributed by atoms with van der Waals surface area (Å²) in [4.78, 5) is 10.9. The van der Waals surface area contributed by atoms with Gasteiger partial charge in [0.05, 0.1) is 12.1 Å². The second kappa shape index (κ2) is 5.63. The number of hydrogen-bond donors (Lipinski definition) is 1. The zero-order valence-corrected chi connectivity index (χ0v) is 11.7. The Balaban J connectivity index is 1.86. The predicted octanol–water partition coefficient (Wildman–Crippen LogP) is 2.07. The molecule has 0 bridgehead atoms. The zero-order chi connectivity index (χ0) is 13.9. The largest absolute Gasteiger partial charge is 0.399 e. The van der Waals surface area contributed by atoms with E-state index < -0.39 is 0 Å². The zero-order valence-electron chi connectivity index (χ0n) is 11.7. The molecule has 1 aromatic carbocycles. The van der Waals surface area contributed by atoms with Gasteiger partial charge in [-0.3, -0.25) is 0 Å². The van der Waals surface area contributed by atoms with Crippen LogP contribution < -0.4 is 10.6 Å². The summed E-state index contributed by atoms with van der Waals surface area (Å²) < 4.78 is 5.55. The van der Waals surface area contributed by atoms with E-state index in [-0.39, 0.29) is 0 Å². The fraction of sp³-hybridized carbons (Fsp3) is 0.467. The van der Waals surface area contributed by atoms with Gasteiger partial charge in [-0.1, -0.05) is 0 Å². The Labute approximate surface area is 118 Å². The van der Waals surface area contributed by atoms with Crippen LogP contribution >= 0.6 is 0 Å². The average molecular weight is 272 g/mol. The molecule has 0 aliphatic carbocycles. The third-order valence-corrected chi connectivity index (χ3v) is 3.79. The summed E-state index contributed by atoms with van der Waals surface area (Å²) in [5, 5.41) is 1.01. The highest BCUT2D eigenvalue weighted by Gasteiger charge is 2.18. The monoisotopic (exact) mass is 272 g/mol. The maximum absolute atomic E-state index is 5.88. The van der Waals surface area contributed by atoms with Crippen molar-refractivity contribution in [3.63, 3.8) is 0 Å². The number of nitrogen functional groups attached to an aromatic ring is 1. The quantitative estimate of drug-likeness (QED) is 0.867. The van der Waals surface area contributed by atoms with Crippen LogP contribution in [0.5, 0.6) is 0 Å². The molecule has 0 radical (unpaired) electrons. The van der Waals surface area contributed by atoms with E-state index in [0.29, 0.717) is 5.92 Å². The number of nitrogens with zero attached hydrogens (tertiary/aromatic N) is 3. The Kier molecular flexibility index (Phi) is 3.69. The summed E-state index contributed by atoms with van der Waals surface area (Å²) in [5.74, 6) is 1.51. The van der Waals surface area contributed by atoms with Crippen LogP contribution in [-0.4, -0.2) is 36.8 Å². The minimum Gasteiger partial charge on any atom is -0.399 e. The van der Waals surface area contributed by atoms with Crippen LogP contribution in [0, 0.1) is 5.92 Å². The molecule has 106 valence electrons. The van der Waals surface area contributed by atoms with Crippen molar-refractivity contribution in [1.29, 1.82) is 0 Å². The fourth-order valence-corrected chi connectivity index (χ4v) is 2.79. The summed E-state index contributed by atoms with van der Waals surface area (Å²) in [5.41, 5.74) is 7.55. The minimum absolute atomic E-state index is 0.569. The highest BCUT2D eigenvalue weighted by molar-refractivity contribution is 5.91. The van der Waals surface area contributed by atoms with Gasteiger partial charge in [0.25, 0.3) is 0 Å². The predicted molar refractivity (Wildman–Crippen MR) is 80.8 cm³/mol. The third kappa shape index (κ3) is 2.67. The molecule has 1 aliphatic heterocycles. The van der Waals surface area contributed by atoms with Crippen molar-refractivity contribution in [2.75, 3.05) is 37.4 Å². The molecule has 3 rings (SSSR count). The van der Waals surface area contributed by atoms with Crippen LogP contribution in [0.3, 0.4) is 0 Å². The van der Waals surface area contributed by atoms with E-state index in [0.717, 1.165) is 48.6 Å². The van der Waals surface area contributed by atoms with E-state index in [1.807, 2.05) is 18.2 Å². The van der Waals surface area contributed by atoms with Crippen molar-refractivity contribution in [2.45, 2.75) is 12.8 Å². The minimum atomic E-state index is 0.569. The SMILES string of the molecule is CN(CC1CCCOC1)c1ncnc2ccc(N)cc12. The van der Waals surface area contributed by atoms with Gasteiger partial charge >= 0.3 is 0 Å². The van der Waals surface area contributed by atoms with Crippen LogP contribution in [0.1, 0.15) is 12.8 Å². The standard InChI is InChI=1S/C15H20N4O/c1-19(8-11-3-2-6-20-9-11)15-13-7-12(16)4-5-14(13)17-10-18-15/h4-5,7,10-11H,2-3,6,8-9,16H2,1H3. The first-order chi connectivity index (χ1) is 9.74. The number of anilines is 2. The van der Waals surface area contributed by atoms with E-state index in [9.17, 15) is 0 Å². The lowest BCUT2D eigenvalue weighted by atomic mass is 10.0. The second-order valence-electron chi connectivity index (χ2n) is 5.44. The second-order valence-corrected chi connectivity index (χ2v) is 5.44. The Morgan fingerprint density at radius 1 is 1.40 bits per heavy atom. The highest BCUT2D eigenvalue weighted by Crippen LogP contribution is 2.25. The number of aromatic nitrogens is 2. The Morgan fingerprint density at radius 2 is 2.30 bits per heavy atom. The normalized spacial score (nSPS) is 19.1. The van der Waals surface area contributed by atoms with Crippen LogP contribution in [0.15, 0.2) is 24.5 Å². The average Bonchev–Trinajstić information content (AvgIpc) is 2.47. The first kappa shape index (κ1) is 13.1. The Bertz CT molecular complexity index is 595. The Morgan fingerprint density at radius 3 is 3.10 bits per heavy atom. The number of ether oxygens (including phenoxy) is 1. The van der Waals surface area contributed by atoms with Crippen molar-refractivity contribution in [3.05, 3.63) is 24.5 Å². The van der Waals surface area contributed by atoms with Crippen molar-refractivity contribution in [2.24, 2.45) is 5.92 Å². The molecular weight excluding hydrogens is 252 g/mol. The van der Waals surface area contributed by atoms with Gasteiger partial charge in [0, 0.05) is 31.3 Å². The van der Waals surface area contributed by atoms with Gasteiger partial charge < -0.3 is 15.4 Å².